The standard InChI is InChI=1S/C9H20N2OS/c1-3-6-13-7-9(12)11-5-4-8(2)10/h8H,3-7,10H2,1-2H3,(H,11,12). The van der Waals surface area contributed by atoms with Gasteiger partial charge in [-0.05, 0) is 25.5 Å². The molecular weight excluding hydrogens is 184 g/mol. The minimum absolute atomic E-state index is 0.124. The monoisotopic (exact) mass is 204 g/mol. The predicted octanol–water partition coefficient (Wildman–Crippen LogP) is 0.983. The van der Waals surface area contributed by atoms with Crippen LogP contribution in [0, 0.1) is 0 Å². The summed E-state index contributed by atoms with van der Waals surface area (Å²) in [6.07, 6.45) is 1.97. The Balaban J connectivity index is 3.20. The van der Waals surface area contributed by atoms with E-state index in [0.717, 1.165) is 18.6 Å². The van der Waals surface area contributed by atoms with Crippen molar-refractivity contribution < 1.29 is 4.79 Å². The predicted molar refractivity (Wildman–Crippen MR) is 58.9 cm³/mol. The maximum atomic E-state index is 11.1. The van der Waals surface area contributed by atoms with Crippen LogP contribution in [0.1, 0.15) is 26.7 Å². The van der Waals surface area contributed by atoms with Crippen LogP contribution >= 0.6 is 11.8 Å². The van der Waals surface area contributed by atoms with Crippen LogP contribution in [0.4, 0.5) is 0 Å². The van der Waals surface area contributed by atoms with Gasteiger partial charge in [0.05, 0.1) is 5.75 Å². The smallest absolute Gasteiger partial charge is 0.229 e. The fourth-order valence-corrected chi connectivity index (χ4v) is 1.52. The number of hydrogen-bond acceptors (Lipinski definition) is 3. The van der Waals surface area contributed by atoms with Crippen molar-refractivity contribution in [1.29, 1.82) is 0 Å². The zero-order valence-electron chi connectivity index (χ0n) is 8.51. The summed E-state index contributed by atoms with van der Waals surface area (Å²) in [5.41, 5.74) is 5.54. The summed E-state index contributed by atoms with van der Waals surface area (Å²) in [7, 11) is 0. The van der Waals surface area contributed by atoms with Gasteiger partial charge in [0.15, 0.2) is 0 Å². The number of amides is 1. The molecule has 0 aromatic carbocycles. The molecule has 0 aromatic heterocycles. The van der Waals surface area contributed by atoms with E-state index < -0.39 is 0 Å². The minimum Gasteiger partial charge on any atom is -0.355 e. The molecule has 78 valence electrons. The Morgan fingerprint density at radius 2 is 2.31 bits per heavy atom. The summed E-state index contributed by atoms with van der Waals surface area (Å²) >= 11 is 1.68. The van der Waals surface area contributed by atoms with E-state index in [1.807, 2.05) is 6.92 Å². The average Bonchev–Trinajstić information content (AvgIpc) is 2.04. The first-order valence-electron chi connectivity index (χ1n) is 4.76. The van der Waals surface area contributed by atoms with E-state index in [4.69, 9.17) is 5.73 Å². The first-order chi connectivity index (χ1) is 6.16. The fraction of sp³-hybridized carbons (Fsp3) is 0.889. The fourth-order valence-electron chi connectivity index (χ4n) is 0.799. The summed E-state index contributed by atoms with van der Waals surface area (Å²) in [5, 5.41) is 2.83. The van der Waals surface area contributed by atoms with E-state index >= 15 is 0 Å². The first-order valence-corrected chi connectivity index (χ1v) is 5.92. The Hall–Kier alpha value is -0.220. The van der Waals surface area contributed by atoms with Crippen molar-refractivity contribution in [3.8, 4) is 0 Å². The Kier molecular flexibility index (Phi) is 8.24. The molecule has 3 N–H and O–H groups in total. The van der Waals surface area contributed by atoms with Gasteiger partial charge in [-0.1, -0.05) is 6.92 Å². The molecule has 3 nitrogen and oxygen atoms in total. The number of carbonyl (C=O) groups is 1. The van der Waals surface area contributed by atoms with Crippen LogP contribution in [0.3, 0.4) is 0 Å². The normalized spacial score (nSPS) is 12.5. The zero-order chi connectivity index (χ0) is 10.1. The Bertz CT molecular complexity index is 140. The lowest BCUT2D eigenvalue weighted by atomic mass is 10.2. The number of nitrogens with two attached hydrogens (primary N) is 1. The van der Waals surface area contributed by atoms with E-state index in [-0.39, 0.29) is 11.9 Å². The topological polar surface area (TPSA) is 55.1 Å². The molecule has 0 aromatic rings. The first kappa shape index (κ1) is 12.8. The number of hydrogen-bond donors (Lipinski definition) is 2. The van der Waals surface area contributed by atoms with Crippen LogP contribution in [0.15, 0.2) is 0 Å². The molecule has 1 unspecified atom stereocenters. The summed E-state index contributed by atoms with van der Waals surface area (Å²) in [5.74, 6) is 1.76. The Morgan fingerprint density at radius 3 is 2.85 bits per heavy atom. The van der Waals surface area contributed by atoms with Gasteiger partial charge in [-0.3, -0.25) is 4.79 Å². The van der Waals surface area contributed by atoms with Crippen molar-refractivity contribution in [2.75, 3.05) is 18.1 Å². The zero-order valence-corrected chi connectivity index (χ0v) is 9.32. The SMILES string of the molecule is CCCSCC(=O)NCCC(C)N. The average molecular weight is 204 g/mol. The van der Waals surface area contributed by atoms with Gasteiger partial charge in [0.25, 0.3) is 0 Å². The molecule has 13 heavy (non-hydrogen) atoms. The van der Waals surface area contributed by atoms with E-state index in [1.165, 1.54) is 0 Å². The summed E-state index contributed by atoms with van der Waals surface area (Å²) < 4.78 is 0. The van der Waals surface area contributed by atoms with Gasteiger partial charge < -0.3 is 11.1 Å². The lowest BCUT2D eigenvalue weighted by Crippen LogP contribution is -2.30. The molecule has 1 atom stereocenters. The molecule has 0 bridgehead atoms. The third kappa shape index (κ3) is 9.70. The van der Waals surface area contributed by atoms with Crippen LogP contribution in [0.5, 0.6) is 0 Å². The number of thioether (sulfide) groups is 1. The highest BCUT2D eigenvalue weighted by Gasteiger charge is 2.00. The summed E-state index contributed by atoms with van der Waals surface area (Å²) in [6.45, 7) is 4.75. The molecule has 0 saturated heterocycles. The maximum Gasteiger partial charge on any atom is 0.229 e. The largest absolute Gasteiger partial charge is 0.355 e. The highest BCUT2D eigenvalue weighted by Crippen LogP contribution is 2.00. The van der Waals surface area contributed by atoms with E-state index in [0.29, 0.717) is 12.3 Å². The second kappa shape index (κ2) is 8.38. The maximum absolute atomic E-state index is 11.1. The molecule has 0 rings (SSSR count). The molecule has 0 saturated carbocycles. The molecule has 1 amide bonds. The Morgan fingerprint density at radius 1 is 1.62 bits per heavy atom. The molecule has 0 spiro atoms. The van der Waals surface area contributed by atoms with Gasteiger partial charge in [0.2, 0.25) is 5.91 Å². The van der Waals surface area contributed by atoms with Gasteiger partial charge in [-0.25, -0.2) is 0 Å². The highest BCUT2D eigenvalue weighted by molar-refractivity contribution is 7.99. The molecule has 4 heteroatoms. The van der Waals surface area contributed by atoms with Gasteiger partial charge in [-0.15, -0.1) is 0 Å². The second-order valence-electron chi connectivity index (χ2n) is 3.17. The summed E-state index contributed by atoms with van der Waals surface area (Å²) in [6, 6.07) is 0.170. The van der Waals surface area contributed by atoms with Crippen molar-refractivity contribution in [2.45, 2.75) is 32.7 Å². The summed E-state index contributed by atoms with van der Waals surface area (Å²) in [4.78, 5) is 11.1. The van der Waals surface area contributed by atoms with Crippen molar-refractivity contribution in [3.05, 3.63) is 0 Å². The van der Waals surface area contributed by atoms with Crippen LogP contribution in [-0.2, 0) is 4.79 Å². The van der Waals surface area contributed by atoms with E-state index in [9.17, 15) is 4.79 Å². The van der Waals surface area contributed by atoms with Crippen LogP contribution in [-0.4, -0.2) is 30.0 Å². The van der Waals surface area contributed by atoms with E-state index in [1.54, 1.807) is 11.8 Å². The Labute approximate surface area is 84.8 Å². The van der Waals surface area contributed by atoms with Gasteiger partial charge in [0, 0.05) is 12.6 Å². The lowest BCUT2D eigenvalue weighted by molar-refractivity contribution is -0.118. The lowest BCUT2D eigenvalue weighted by Gasteiger charge is -2.06. The number of carbonyl (C=O) groups excluding carboxylic acids is 1. The van der Waals surface area contributed by atoms with Crippen molar-refractivity contribution in [2.24, 2.45) is 5.73 Å². The quantitative estimate of drug-likeness (QED) is 0.608. The van der Waals surface area contributed by atoms with Crippen molar-refractivity contribution >= 4 is 17.7 Å². The molecule has 0 heterocycles. The molecule has 0 aliphatic heterocycles. The molecule has 0 aliphatic rings. The van der Waals surface area contributed by atoms with Crippen molar-refractivity contribution in [1.82, 2.24) is 5.32 Å². The number of rotatable bonds is 7. The molecular formula is C9H20N2OS. The van der Waals surface area contributed by atoms with Gasteiger partial charge in [0.1, 0.15) is 0 Å². The molecule has 0 aliphatic carbocycles. The van der Waals surface area contributed by atoms with Crippen molar-refractivity contribution in [3.63, 3.8) is 0 Å². The van der Waals surface area contributed by atoms with Gasteiger partial charge in [-0.2, -0.15) is 11.8 Å². The van der Waals surface area contributed by atoms with Crippen LogP contribution < -0.4 is 11.1 Å². The number of nitrogens with one attached hydrogen (secondary N) is 1. The molecule has 0 fully saturated rings. The van der Waals surface area contributed by atoms with Crippen LogP contribution in [0.25, 0.3) is 0 Å². The molecule has 0 radical (unpaired) electrons. The second-order valence-corrected chi connectivity index (χ2v) is 4.27. The highest BCUT2D eigenvalue weighted by atomic mass is 32.2. The third-order valence-corrected chi connectivity index (χ3v) is 2.67. The third-order valence-electron chi connectivity index (χ3n) is 1.50. The van der Waals surface area contributed by atoms with E-state index in [2.05, 4.69) is 12.2 Å². The minimum atomic E-state index is 0.124. The van der Waals surface area contributed by atoms with Crippen LogP contribution in [0.2, 0.25) is 0 Å². The van der Waals surface area contributed by atoms with Gasteiger partial charge >= 0.3 is 0 Å².